The maximum absolute atomic E-state index is 12.9. The van der Waals surface area contributed by atoms with Gasteiger partial charge >= 0.3 is 6.18 Å². The van der Waals surface area contributed by atoms with Crippen molar-refractivity contribution in [3.63, 3.8) is 0 Å². The fraction of sp³-hybridized carbons (Fsp3) is 0.222. The molecule has 2 aromatic rings. The number of rotatable bonds is 5. The number of sulfone groups is 1. The van der Waals surface area contributed by atoms with Crippen molar-refractivity contribution in [2.75, 3.05) is 5.75 Å². The first-order valence-corrected chi connectivity index (χ1v) is 9.92. The summed E-state index contributed by atoms with van der Waals surface area (Å²) in [5.41, 5.74) is -1.06. The lowest BCUT2D eigenvalue weighted by Gasteiger charge is -2.13. The van der Waals surface area contributed by atoms with E-state index in [1.165, 1.54) is 25.1 Å². The van der Waals surface area contributed by atoms with Gasteiger partial charge in [0.1, 0.15) is 0 Å². The molecule has 0 saturated heterocycles. The van der Waals surface area contributed by atoms with Gasteiger partial charge in [-0.05, 0) is 42.0 Å². The van der Waals surface area contributed by atoms with Crippen LogP contribution in [0.5, 0.6) is 0 Å². The molecule has 0 fully saturated rings. The van der Waals surface area contributed by atoms with Gasteiger partial charge in [-0.2, -0.15) is 18.4 Å². The summed E-state index contributed by atoms with van der Waals surface area (Å²) >= 11 is 5.67. The van der Waals surface area contributed by atoms with Crippen LogP contribution in [0, 0.1) is 11.3 Å². The van der Waals surface area contributed by atoms with E-state index in [2.05, 4.69) is 5.32 Å². The van der Waals surface area contributed by atoms with E-state index >= 15 is 0 Å². The Morgan fingerprint density at radius 1 is 1.21 bits per heavy atom. The Morgan fingerprint density at radius 2 is 1.89 bits per heavy atom. The Labute approximate surface area is 164 Å². The Kier molecular flexibility index (Phi) is 6.37. The van der Waals surface area contributed by atoms with Crippen molar-refractivity contribution in [3.8, 4) is 6.07 Å². The Balaban J connectivity index is 2.33. The molecule has 1 N–H and O–H groups in total. The van der Waals surface area contributed by atoms with Gasteiger partial charge in [0.15, 0.2) is 9.84 Å². The summed E-state index contributed by atoms with van der Waals surface area (Å²) in [6.07, 6.45) is -4.68. The Hall–Kier alpha value is -2.57. The van der Waals surface area contributed by atoms with Crippen LogP contribution in [-0.4, -0.2) is 20.1 Å². The number of alkyl halides is 3. The van der Waals surface area contributed by atoms with Gasteiger partial charge in [0, 0.05) is 17.1 Å². The third kappa shape index (κ3) is 5.03. The number of nitrogens with one attached hydrogen (secondary N) is 1. The number of carbonyl (C=O) groups excluding carboxylic acids is 1. The second-order valence-electron chi connectivity index (χ2n) is 5.75. The highest BCUT2D eigenvalue weighted by molar-refractivity contribution is 7.91. The van der Waals surface area contributed by atoms with E-state index in [0.717, 1.165) is 6.07 Å². The first kappa shape index (κ1) is 21.7. The number of nitrogens with zero attached hydrogens (tertiary/aromatic N) is 1. The summed E-state index contributed by atoms with van der Waals surface area (Å²) in [6, 6.07) is 8.19. The van der Waals surface area contributed by atoms with E-state index < -0.39 is 27.5 Å². The average Bonchev–Trinajstić information content (AvgIpc) is 2.64. The third-order valence-electron chi connectivity index (χ3n) is 3.83. The van der Waals surface area contributed by atoms with Crippen LogP contribution in [0.25, 0.3) is 0 Å². The largest absolute Gasteiger partial charge is 0.416 e. The minimum Gasteiger partial charge on any atom is -0.348 e. The van der Waals surface area contributed by atoms with Gasteiger partial charge in [-0.25, -0.2) is 8.42 Å². The van der Waals surface area contributed by atoms with Crippen molar-refractivity contribution < 1.29 is 26.4 Å². The van der Waals surface area contributed by atoms with Crippen molar-refractivity contribution in [2.45, 2.75) is 24.5 Å². The molecule has 0 atom stereocenters. The molecule has 0 aliphatic heterocycles. The SMILES string of the molecule is CCS(=O)(=O)c1ccc(C#N)cc1CNC(=O)c1cc(Cl)cc(C(F)(F)F)c1. The molecule has 0 saturated carbocycles. The summed E-state index contributed by atoms with van der Waals surface area (Å²) in [6.45, 7) is 1.15. The molecule has 10 heteroatoms. The lowest BCUT2D eigenvalue weighted by Crippen LogP contribution is -2.24. The van der Waals surface area contributed by atoms with Crippen LogP contribution >= 0.6 is 11.6 Å². The molecule has 0 heterocycles. The minimum atomic E-state index is -4.68. The van der Waals surface area contributed by atoms with Crippen molar-refractivity contribution in [1.29, 1.82) is 5.26 Å². The number of carbonyl (C=O) groups is 1. The first-order chi connectivity index (χ1) is 13.0. The standard InChI is InChI=1S/C18H14ClF3N2O3S/c1-2-28(26,27)16-4-3-11(9-23)5-13(16)10-24-17(25)12-6-14(18(20,21)22)8-15(19)7-12/h3-8H,2,10H2,1H3,(H,24,25). The van der Waals surface area contributed by atoms with Crippen LogP contribution in [0.4, 0.5) is 13.2 Å². The minimum absolute atomic E-state index is 0.0589. The fourth-order valence-electron chi connectivity index (χ4n) is 2.41. The zero-order valence-electron chi connectivity index (χ0n) is 14.5. The fourth-order valence-corrected chi connectivity index (χ4v) is 3.76. The van der Waals surface area contributed by atoms with Crippen molar-refractivity contribution in [3.05, 3.63) is 63.7 Å². The van der Waals surface area contributed by atoms with Crippen LogP contribution in [0.2, 0.25) is 5.02 Å². The molecule has 0 aliphatic rings. The molecular formula is C18H14ClF3N2O3S. The van der Waals surface area contributed by atoms with Gasteiger partial charge in [-0.15, -0.1) is 0 Å². The molecule has 0 bridgehead atoms. The molecule has 2 aromatic carbocycles. The van der Waals surface area contributed by atoms with Gasteiger partial charge < -0.3 is 5.32 Å². The number of hydrogen-bond donors (Lipinski definition) is 1. The quantitative estimate of drug-likeness (QED) is 0.778. The molecule has 1 amide bonds. The maximum Gasteiger partial charge on any atom is 0.416 e. The predicted octanol–water partition coefficient (Wildman–Crippen LogP) is 3.95. The Morgan fingerprint density at radius 3 is 2.46 bits per heavy atom. The van der Waals surface area contributed by atoms with Crippen LogP contribution < -0.4 is 5.32 Å². The highest BCUT2D eigenvalue weighted by Gasteiger charge is 2.31. The predicted molar refractivity (Wildman–Crippen MR) is 96.5 cm³/mol. The smallest absolute Gasteiger partial charge is 0.348 e. The third-order valence-corrected chi connectivity index (χ3v) is 5.88. The van der Waals surface area contributed by atoms with Crippen molar-refractivity contribution in [2.24, 2.45) is 0 Å². The highest BCUT2D eigenvalue weighted by Crippen LogP contribution is 2.32. The first-order valence-electron chi connectivity index (χ1n) is 7.89. The van der Waals surface area contributed by atoms with Crippen LogP contribution in [-0.2, 0) is 22.6 Å². The molecule has 0 radical (unpaired) electrons. The normalized spacial score (nSPS) is 11.7. The van der Waals surface area contributed by atoms with E-state index in [-0.39, 0.29) is 38.9 Å². The average molecular weight is 431 g/mol. The summed E-state index contributed by atoms with van der Waals surface area (Å²) < 4.78 is 63.0. The zero-order valence-corrected chi connectivity index (χ0v) is 16.0. The lowest BCUT2D eigenvalue weighted by molar-refractivity contribution is -0.137. The highest BCUT2D eigenvalue weighted by atomic mass is 35.5. The molecular weight excluding hydrogens is 417 g/mol. The van der Waals surface area contributed by atoms with Gasteiger partial charge in [0.2, 0.25) is 0 Å². The molecule has 2 rings (SSSR count). The summed E-state index contributed by atoms with van der Waals surface area (Å²) in [5.74, 6) is -1.06. The van der Waals surface area contributed by atoms with E-state index in [1.807, 2.05) is 6.07 Å². The second-order valence-corrected chi connectivity index (χ2v) is 8.43. The monoisotopic (exact) mass is 430 g/mol. The van der Waals surface area contributed by atoms with E-state index in [9.17, 15) is 26.4 Å². The van der Waals surface area contributed by atoms with Crippen LogP contribution in [0.3, 0.4) is 0 Å². The molecule has 0 spiro atoms. The number of benzene rings is 2. The second kappa shape index (κ2) is 8.20. The summed E-state index contributed by atoms with van der Waals surface area (Å²) in [4.78, 5) is 12.2. The summed E-state index contributed by atoms with van der Waals surface area (Å²) in [5, 5.41) is 11.1. The molecule has 0 aliphatic carbocycles. The number of hydrogen-bond acceptors (Lipinski definition) is 4. The molecule has 28 heavy (non-hydrogen) atoms. The van der Waals surface area contributed by atoms with Crippen molar-refractivity contribution >= 4 is 27.3 Å². The topological polar surface area (TPSA) is 87.0 Å². The number of nitriles is 1. The number of amides is 1. The lowest BCUT2D eigenvalue weighted by atomic mass is 10.1. The van der Waals surface area contributed by atoms with Gasteiger partial charge in [-0.3, -0.25) is 4.79 Å². The van der Waals surface area contributed by atoms with E-state index in [1.54, 1.807) is 0 Å². The molecule has 148 valence electrons. The Bertz CT molecular complexity index is 1060. The maximum atomic E-state index is 12.9. The van der Waals surface area contributed by atoms with E-state index in [4.69, 9.17) is 16.9 Å². The van der Waals surface area contributed by atoms with Crippen LogP contribution in [0.15, 0.2) is 41.3 Å². The van der Waals surface area contributed by atoms with Crippen LogP contribution in [0.1, 0.15) is 34.0 Å². The molecule has 5 nitrogen and oxygen atoms in total. The van der Waals surface area contributed by atoms with Gasteiger partial charge in [-0.1, -0.05) is 18.5 Å². The number of halogens is 4. The van der Waals surface area contributed by atoms with Gasteiger partial charge in [0.05, 0.1) is 27.8 Å². The molecule has 0 aromatic heterocycles. The summed E-state index contributed by atoms with van der Waals surface area (Å²) in [7, 11) is -3.63. The molecule has 0 unspecified atom stereocenters. The van der Waals surface area contributed by atoms with Gasteiger partial charge in [0.25, 0.3) is 5.91 Å². The zero-order chi connectivity index (χ0) is 21.1. The van der Waals surface area contributed by atoms with E-state index in [0.29, 0.717) is 12.1 Å². The van der Waals surface area contributed by atoms with Crippen molar-refractivity contribution in [1.82, 2.24) is 5.32 Å².